The highest BCUT2D eigenvalue weighted by atomic mass is 32.1. The monoisotopic (exact) mass is 371 g/mol. The molecule has 0 amide bonds. The molecule has 6 nitrogen and oxygen atoms in total. The van der Waals surface area contributed by atoms with Crippen LogP contribution in [0.15, 0.2) is 40.2 Å². The quantitative estimate of drug-likeness (QED) is 0.649. The third-order valence-corrected chi connectivity index (χ3v) is 5.66. The van der Waals surface area contributed by atoms with Crippen LogP contribution in [0.5, 0.6) is 11.5 Å². The minimum atomic E-state index is 0.450. The van der Waals surface area contributed by atoms with Crippen LogP contribution in [0.1, 0.15) is 29.7 Å². The number of thiophene rings is 1. The van der Waals surface area contributed by atoms with E-state index in [1.807, 2.05) is 29.5 Å². The van der Waals surface area contributed by atoms with E-state index in [4.69, 9.17) is 14.0 Å². The van der Waals surface area contributed by atoms with E-state index < -0.39 is 0 Å². The first-order valence-electron chi connectivity index (χ1n) is 8.61. The Morgan fingerprint density at radius 3 is 2.88 bits per heavy atom. The molecule has 0 saturated carbocycles. The van der Waals surface area contributed by atoms with Crippen molar-refractivity contribution in [3.63, 3.8) is 0 Å². The lowest BCUT2D eigenvalue weighted by molar-refractivity contribution is 0.214. The normalized spacial score (nSPS) is 17.5. The molecule has 7 heteroatoms. The van der Waals surface area contributed by atoms with Gasteiger partial charge in [0.05, 0.1) is 20.8 Å². The standard InChI is InChI=1S/C19H21N3O3S/c1-23-15-8-7-13(11-16(15)24-2)19-20-18(25-21-19)12-22-9-3-5-14(22)17-6-4-10-26-17/h4,6-8,10-11,14H,3,5,9,12H2,1-2H3/t14-/m0/s1. The Hall–Kier alpha value is -2.38. The summed E-state index contributed by atoms with van der Waals surface area (Å²) in [5.74, 6) is 2.52. The molecule has 1 aliphatic heterocycles. The minimum absolute atomic E-state index is 0.450. The summed E-state index contributed by atoms with van der Waals surface area (Å²) in [7, 11) is 3.23. The molecule has 4 rings (SSSR count). The van der Waals surface area contributed by atoms with Crippen LogP contribution in [0.3, 0.4) is 0 Å². The van der Waals surface area contributed by atoms with Crippen LogP contribution in [0.4, 0.5) is 0 Å². The number of benzene rings is 1. The highest BCUT2D eigenvalue weighted by Crippen LogP contribution is 2.36. The van der Waals surface area contributed by atoms with E-state index >= 15 is 0 Å². The number of aromatic nitrogens is 2. The van der Waals surface area contributed by atoms with Gasteiger partial charge in [-0.15, -0.1) is 11.3 Å². The Bertz CT molecular complexity index is 863. The van der Waals surface area contributed by atoms with Gasteiger partial charge >= 0.3 is 0 Å². The highest BCUT2D eigenvalue weighted by Gasteiger charge is 2.28. The molecule has 1 fully saturated rings. The fourth-order valence-electron chi connectivity index (χ4n) is 3.40. The predicted octanol–water partition coefficient (Wildman–Crippen LogP) is 4.15. The Labute approximate surface area is 156 Å². The topological polar surface area (TPSA) is 60.6 Å². The van der Waals surface area contributed by atoms with Crippen molar-refractivity contribution in [2.45, 2.75) is 25.4 Å². The summed E-state index contributed by atoms with van der Waals surface area (Å²) in [6.07, 6.45) is 2.37. The molecule has 0 radical (unpaired) electrons. The Balaban J connectivity index is 1.51. The average Bonchev–Trinajstić information content (AvgIpc) is 3.42. The van der Waals surface area contributed by atoms with E-state index in [2.05, 4.69) is 32.6 Å². The lowest BCUT2D eigenvalue weighted by Crippen LogP contribution is -2.22. The molecule has 3 aromatic rings. The largest absolute Gasteiger partial charge is 0.493 e. The van der Waals surface area contributed by atoms with Gasteiger partial charge in [-0.1, -0.05) is 11.2 Å². The molecule has 0 N–H and O–H groups in total. The Kier molecular flexibility index (Phi) is 4.90. The number of nitrogens with zero attached hydrogens (tertiary/aromatic N) is 3. The molecule has 0 spiro atoms. The number of hydrogen-bond acceptors (Lipinski definition) is 7. The van der Waals surface area contributed by atoms with E-state index in [1.165, 1.54) is 17.7 Å². The summed E-state index contributed by atoms with van der Waals surface area (Å²) in [5.41, 5.74) is 0.842. The molecule has 1 aliphatic rings. The van der Waals surface area contributed by atoms with Gasteiger partial charge in [-0.25, -0.2) is 0 Å². The molecule has 3 heterocycles. The molecule has 1 atom stereocenters. The zero-order valence-corrected chi connectivity index (χ0v) is 15.7. The van der Waals surface area contributed by atoms with Crippen LogP contribution in [0, 0.1) is 0 Å². The van der Waals surface area contributed by atoms with Gasteiger partial charge in [0, 0.05) is 16.5 Å². The summed E-state index contributed by atoms with van der Waals surface area (Å²) in [5, 5.41) is 6.27. The summed E-state index contributed by atoms with van der Waals surface area (Å²) in [4.78, 5) is 8.40. The van der Waals surface area contributed by atoms with Crippen molar-refractivity contribution in [2.75, 3.05) is 20.8 Å². The van der Waals surface area contributed by atoms with Crippen LogP contribution in [0.25, 0.3) is 11.4 Å². The second-order valence-corrected chi connectivity index (χ2v) is 7.20. The first-order valence-corrected chi connectivity index (χ1v) is 9.49. The summed E-state index contributed by atoms with van der Waals surface area (Å²) >= 11 is 1.81. The van der Waals surface area contributed by atoms with Crippen LogP contribution >= 0.6 is 11.3 Å². The van der Waals surface area contributed by atoms with Crippen molar-refractivity contribution in [1.29, 1.82) is 0 Å². The number of likely N-dealkylation sites (tertiary alicyclic amines) is 1. The molecule has 136 valence electrons. The molecule has 2 aromatic heterocycles. The van der Waals surface area contributed by atoms with Gasteiger partial charge < -0.3 is 14.0 Å². The first kappa shape index (κ1) is 17.1. The highest BCUT2D eigenvalue weighted by molar-refractivity contribution is 7.10. The summed E-state index contributed by atoms with van der Waals surface area (Å²) in [6.45, 7) is 1.72. The maximum absolute atomic E-state index is 5.51. The molecule has 0 bridgehead atoms. The first-order chi connectivity index (χ1) is 12.8. The summed E-state index contributed by atoms with van der Waals surface area (Å²) < 4.78 is 16.1. The van der Waals surface area contributed by atoms with Gasteiger partial charge in [-0.05, 0) is 49.0 Å². The fraction of sp³-hybridized carbons (Fsp3) is 0.368. The van der Waals surface area contributed by atoms with E-state index in [1.54, 1.807) is 14.2 Å². The predicted molar refractivity (Wildman–Crippen MR) is 99.5 cm³/mol. The zero-order valence-electron chi connectivity index (χ0n) is 14.8. The number of rotatable bonds is 6. The molecular weight excluding hydrogens is 350 g/mol. The van der Waals surface area contributed by atoms with Crippen molar-refractivity contribution >= 4 is 11.3 Å². The van der Waals surface area contributed by atoms with E-state index in [-0.39, 0.29) is 0 Å². The number of methoxy groups -OCH3 is 2. The van der Waals surface area contributed by atoms with Crippen molar-refractivity contribution in [1.82, 2.24) is 15.0 Å². The van der Waals surface area contributed by atoms with Gasteiger partial charge in [-0.2, -0.15) is 4.98 Å². The SMILES string of the molecule is COc1ccc(-c2noc(CN3CCC[C@H]3c3cccs3)n2)cc1OC. The van der Waals surface area contributed by atoms with Crippen molar-refractivity contribution < 1.29 is 14.0 Å². The van der Waals surface area contributed by atoms with Crippen LogP contribution in [0.2, 0.25) is 0 Å². The van der Waals surface area contributed by atoms with Crippen molar-refractivity contribution in [3.05, 3.63) is 46.5 Å². The third kappa shape index (κ3) is 3.32. The third-order valence-electron chi connectivity index (χ3n) is 4.68. The van der Waals surface area contributed by atoms with Crippen LogP contribution in [-0.2, 0) is 6.54 Å². The molecule has 1 aromatic carbocycles. The van der Waals surface area contributed by atoms with Gasteiger partial charge in [0.2, 0.25) is 11.7 Å². The second kappa shape index (κ2) is 7.47. The summed E-state index contributed by atoms with van der Waals surface area (Å²) in [6, 6.07) is 10.4. The minimum Gasteiger partial charge on any atom is -0.493 e. The average molecular weight is 371 g/mol. The van der Waals surface area contributed by atoms with Gasteiger partial charge in [0.15, 0.2) is 11.5 Å². The Morgan fingerprint density at radius 2 is 2.12 bits per heavy atom. The maximum atomic E-state index is 5.51. The van der Waals surface area contributed by atoms with Gasteiger partial charge in [-0.3, -0.25) is 4.90 Å². The van der Waals surface area contributed by atoms with Crippen LogP contribution < -0.4 is 9.47 Å². The number of ether oxygens (including phenoxy) is 2. The smallest absolute Gasteiger partial charge is 0.241 e. The van der Waals surface area contributed by atoms with E-state index in [9.17, 15) is 0 Å². The number of hydrogen-bond donors (Lipinski definition) is 0. The van der Waals surface area contributed by atoms with Crippen molar-refractivity contribution in [3.8, 4) is 22.9 Å². The molecular formula is C19H21N3O3S. The second-order valence-electron chi connectivity index (χ2n) is 6.23. The molecule has 1 saturated heterocycles. The van der Waals surface area contributed by atoms with Gasteiger partial charge in [0.25, 0.3) is 0 Å². The van der Waals surface area contributed by atoms with Gasteiger partial charge in [0.1, 0.15) is 0 Å². The Morgan fingerprint density at radius 1 is 1.23 bits per heavy atom. The molecule has 0 aliphatic carbocycles. The van der Waals surface area contributed by atoms with Crippen molar-refractivity contribution in [2.24, 2.45) is 0 Å². The van der Waals surface area contributed by atoms with E-state index in [0.717, 1.165) is 12.1 Å². The van der Waals surface area contributed by atoms with E-state index in [0.29, 0.717) is 35.8 Å². The zero-order chi connectivity index (χ0) is 17.9. The maximum Gasteiger partial charge on any atom is 0.241 e. The lowest BCUT2D eigenvalue weighted by Gasteiger charge is -2.21. The fourth-order valence-corrected chi connectivity index (χ4v) is 4.30. The molecule has 26 heavy (non-hydrogen) atoms. The van der Waals surface area contributed by atoms with Crippen LogP contribution in [-0.4, -0.2) is 35.8 Å². The lowest BCUT2D eigenvalue weighted by atomic mass is 10.2. The molecule has 0 unspecified atom stereocenters.